The number of ether oxygens (including phenoxy) is 1. The maximum absolute atomic E-state index is 5.47. The summed E-state index contributed by atoms with van der Waals surface area (Å²) in [6.07, 6.45) is 5.18. The van der Waals surface area contributed by atoms with Crippen LogP contribution in [0.15, 0.2) is 18.2 Å². The van der Waals surface area contributed by atoms with E-state index in [2.05, 4.69) is 30.4 Å². The van der Waals surface area contributed by atoms with Gasteiger partial charge in [-0.3, -0.25) is 0 Å². The fourth-order valence-corrected chi connectivity index (χ4v) is 2.92. The molecule has 1 aromatic carbocycles. The van der Waals surface area contributed by atoms with Crippen LogP contribution in [-0.2, 0) is 6.42 Å². The van der Waals surface area contributed by atoms with Crippen molar-refractivity contribution >= 4 is 0 Å². The molecule has 0 heterocycles. The molecule has 0 spiro atoms. The normalized spacial score (nSPS) is 17.6. The summed E-state index contributed by atoms with van der Waals surface area (Å²) in [6, 6.07) is 6.48. The molecule has 94 valence electrons. The van der Waals surface area contributed by atoms with Gasteiger partial charge in [0.1, 0.15) is 5.75 Å². The zero-order chi connectivity index (χ0) is 12.3. The molecule has 0 radical (unpaired) electrons. The Morgan fingerprint density at radius 3 is 2.65 bits per heavy atom. The standard InChI is InChI=1S/C15H23NO/c1-12-5-6-14(17-3)13(9-12)10-15(11-16-2)7-4-8-15/h5-6,9,16H,4,7-8,10-11H2,1-3H3. The van der Waals surface area contributed by atoms with Crippen LogP contribution in [0.1, 0.15) is 30.4 Å². The van der Waals surface area contributed by atoms with Gasteiger partial charge in [0.15, 0.2) is 0 Å². The minimum atomic E-state index is 0.468. The molecule has 0 aromatic heterocycles. The number of aryl methyl sites for hydroxylation is 1. The number of benzene rings is 1. The SMILES string of the molecule is CNCC1(Cc2cc(C)ccc2OC)CCC1. The zero-order valence-electron chi connectivity index (χ0n) is 11.2. The molecular weight excluding hydrogens is 210 g/mol. The lowest BCUT2D eigenvalue weighted by Crippen LogP contribution is -2.40. The van der Waals surface area contributed by atoms with Gasteiger partial charge in [-0.05, 0) is 50.3 Å². The fourth-order valence-electron chi connectivity index (χ4n) is 2.92. The van der Waals surface area contributed by atoms with Crippen LogP contribution in [0.25, 0.3) is 0 Å². The maximum atomic E-state index is 5.47. The topological polar surface area (TPSA) is 21.3 Å². The number of nitrogens with one attached hydrogen (secondary N) is 1. The first kappa shape index (κ1) is 12.4. The van der Waals surface area contributed by atoms with Gasteiger partial charge in [-0.15, -0.1) is 0 Å². The Kier molecular flexibility index (Phi) is 3.72. The highest BCUT2D eigenvalue weighted by atomic mass is 16.5. The number of hydrogen-bond donors (Lipinski definition) is 1. The van der Waals surface area contributed by atoms with E-state index in [0.717, 1.165) is 18.7 Å². The van der Waals surface area contributed by atoms with E-state index >= 15 is 0 Å². The largest absolute Gasteiger partial charge is 0.496 e. The average Bonchev–Trinajstić information content (AvgIpc) is 2.26. The first-order valence-electron chi connectivity index (χ1n) is 6.47. The van der Waals surface area contributed by atoms with Crippen molar-refractivity contribution < 1.29 is 4.74 Å². The monoisotopic (exact) mass is 233 g/mol. The van der Waals surface area contributed by atoms with Gasteiger partial charge in [-0.2, -0.15) is 0 Å². The molecule has 1 aliphatic carbocycles. The van der Waals surface area contributed by atoms with Gasteiger partial charge < -0.3 is 10.1 Å². The predicted octanol–water partition coefficient (Wildman–Crippen LogP) is 2.94. The minimum Gasteiger partial charge on any atom is -0.496 e. The maximum Gasteiger partial charge on any atom is 0.122 e. The molecule has 0 atom stereocenters. The Labute approximate surface area is 104 Å². The van der Waals surface area contributed by atoms with E-state index in [0.29, 0.717) is 5.41 Å². The summed E-state index contributed by atoms with van der Waals surface area (Å²) in [5, 5.41) is 3.34. The highest BCUT2D eigenvalue weighted by molar-refractivity contribution is 5.38. The molecule has 2 rings (SSSR count). The third-order valence-corrected chi connectivity index (χ3v) is 3.97. The summed E-state index contributed by atoms with van der Waals surface area (Å²) in [6.45, 7) is 3.26. The van der Waals surface area contributed by atoms with Crippen molar-refractivity contribution in [2.24, 2.45) is 5.41 Å². The third kappa shape index (κ3) is 2.63. The second-order valence-corrected chi connectivity index (χ2v) is 5.38. The number of hydrogen-bond acceptors (Lipinski definition) is 2. The summed E-state index contributed by atoms with van der Waals surface area (Å²) in [7, 11) is 3.81. The van der Waals surface area contributed by atoms with E-state index in [4.69, 9.17) is 4.74 Å². The number of methoxy groups -OCH3 is 1. The molecule has 1 aromatic rings. The molecule has 1 fully saturated rings. The van der Waals surface area contributed by atoms with Crippen LogP contribution in [-0.4, -0.2) is 20.7 Å². The van der Waals surface area contributed by atoms with Crippen LogP contribution in [0.4, 0.5) is 0 Å². The minimum absolute atomic E-state index is 0.468. The lowest BCUT2D eigenvalue weighted by molar-refractivity contribution is 0.132. The van der Waals surface area contributed by atoms with E-state index < -0.39 is 0 Å². The molecular formula is C15H23NO. The summed E-state index contributed by atoms with van der Waals surface area (Å²) >= 11 is 0. The Balaban J connectivity index is 2.19. The van der Waals surface area contributed by atoms with E-state index in [1.54, 1.807) is 7.11 Å². The quantitative estimate of drug-likeness (QED) is 0.844. The van der Waals surface area contributed by atoms with Gasteiger partial charge in [0.25, 0.3) is 0 Å². The molecule has 1 N–H and O–H groups in total. The summed E-state index contributed by atoms with van der Waals surface area (Å²) < 4.78 is 5.47. The fraction of sp³-hybridized carbons (Fsp3) is 0.600. The highest BCUT2D eigenvalue weighted by Gasteiger charge is 2.36. The van der Waals surface area contributed by atoms with E-state index in [1.807, 2.05) is 7.05 Å². The smallest absolute Gasteiger partial charge is 0.122 e. The van der Waals surface area contributed by atoms with Crippen LogP contribution in [0, 0.1) is 12.3 Å². The first-order chi connectivity index (χ1) is 8.19. The van der Waals surface area contributed by atoms with Crippen molar-refractivity contribution in [2.45, 2.75) is 32.6 Å². The molecule has 2 nitrogen and oxygen atoms in total. The predicted molar refractivity (Wildman–Crippen MR) is 71.6 cm³/mol. The molecule has 2 heteroatoms. The number of rotatable bonds is 5. The summed E-state index contributed by atoms with van der Waals surface area (Å²) in [5.41, 5.74) is 3.15. The third-order valence-electron chi connectivity index (χ3n) is 3.97. The second kappa shape index (κ2) is 5.09. The summed E-state index contributed by atoms with van der Waals surface area (Å²) in [4.78, 5) is 0. The molecule has 0 amide bonds. The van der Waals surface area contributed by atoms with Crippen molar-refractivity contribution in [3.63, 3.8) is 0 Å². The second-order valence-electron chi connectivity index (χ2n) is 5.38. The summed E-state index contributed by atoms with van der Waals surface area (Å²) in [5.74, 6) is 1.04. The van der Waals surface area contributed by atoms with E-state index in [1.165, 1.54) is 30.4 Å². The Bertz CT molecular complexity index is 383. The van der Waals surface area contributed by atoms with Crippen molar-refractivity contribution in [2.75, 3.05) is 20.7 Å². The van der Waals surface area contributed by atoms with Crippen LogP contribution in [0.2, 0.25) is 0 Å². The van der Waals surface area contributed by atoms with Crippen molar-refractivity contribution in [1.82, 2.24) is 5.32 Å². The molecule has 0 saturated heterocycles. The Morgan fingerprint density at radius 1 is 1.35 bits per heavy atom. The first-order valence-corrected chi connectivity index (χ1v) is 6.47. The van der Waals surface area contributed by atoms with Crippen molar-refractivity contribution in [3.8, 4) is 5.75 Å². The lowest BCUT2D eigenvalue weighted by atomic mass is 9.65. The van der Waals surface area contributed by atoms with Gasteiger partial charge in [0.2, 0.25) is 0 Å². The van der Waals surface area contributed by atoms with Gasteiger partial charge in [-0.1, -0.05) is 24.1 Å². The molecule has 1 saturated carbocycles. The average molecular weight is 233 g/mol. The van der Waals surface area contributed by atoms with Gasteiger partial charge in [-0.25, -0.2) is 0 Å². The van der Waals surface area contributed by atoms with Crippen LogP contribution >= 0.6 is 0 Å². The highest BCUT2D eigenvalue weighted by Crippen LogP contribution is 2.44. The van der Waals surface area contributed by atoms with Crippen molar-refractivity contribution in [3.05, 3.63) is 29.3 Å². The molecule has 0 bridgehead atoms. The molecule has 0 aliphatic heterocycles. The van der Waals surface area contributed by atoms with Gasteiger partial charge in [0, 0.05) is 6.54 Å². The van der Waals surface area contributed by atoms with Crippen molar-refractivity contribution in [1.29, 1.82) is 0 Å². The van der Waals surface area contributed by atoms with Gasteiger partial charge in [0.05, 0.1) is 7.11 Å². The van der Waals surface area contributed by atoms with Crippen LogP contribution in [0.3, 0.4) is 0 Å². The van der Waals surface area contributed by atoms with Gasteiger partial charge >= 0.3 is 0 Å². The zero-order valence-corrected chi connectivity index (χ0v) is 11.2. The lowest BCUT2D eigenvalue weighted by Gasteiger charge is -2.42. The molecule has 17 heavy (non-hydrogen) atoms. The Hall–Kier alpha value is -1.02. The van der Waals surface area contributed by atoms with E-state index in [9.17, 15) is 0 Å². The van der Waals surface area contributed by atoms with Crippen LogP contribution in [0.5, 0.6) is 5.75 Å². The Morgan fingerprint density at radius 2 is 2.12 bits per heavy atom. The molecule has 0 unspecified atom stereocenters. The van der Waals surface area contributed by atoms with Crippen LogP contribution < -0.4 is 10.1 Å². The molecule has 1 aliphatic rings. The van der Waals surface area contributed by atoms with E-state index in [-0.39, 0.29) is 0 Å².